The van der Waals surface area contributed by atoms with Crippen molar-refractivity contribution in [1.29, 1.82) is 0 Å². The van der Waals surface area contributed by atoms with Crippen molar-refractivity contribution in [3.05, 3.63) is 88.8 Å². The molecule has 5 nitrogen and oxygen atoms in total. The lowest BCUT2D eigenvalue weighted by Gasteiger charge is -2.15. The summed E-state index contributed by atoms with van der Waals surface area (Å²) in [5.41, 5.74) is 1.38. The first-order valence-corrected chi connectivity index (χ1v) is 8.78. The second-order valence-corrected chi connectivity index (χ2v) is 6.33. The molecule has 27 heavy (non-hydrogen) atoms. The lowest BCUT2D eigenvalue weighted by molar-refractivity contribution is 0.0319. The van der Waals surface area contributed by atoms with E-state index in [1.54, 1.807) is 61.7 Å². The molecule has 0 aliphatic rings. The van der Waals surface area contributed by atoms with Crippen LogP contribution in [0.2, 0.25) is 5.02 Å². The summed E-state index contributed by atoms with van der Waals surface area (Å²) in [6, 6.07) is 17.0. The van der Waals surface area contributed by atoms with Gasteiger partial charge in [-0.2, -0.15) is 0 Å². The van der Waals surface area contributed by atoms with E-state index in [-0.39, 0.29) is 5.78 Å². The Hall–Kier alpha value is -3.05. The van der Waals surface area contributed by atoms with Crippen LogP contribution in [0.4, 0.5) is 5.69 Å². The van der Waals surface area contributed by atoms with E-state index >= 15 is 0 Å². The average molecular weight is 384 g/mol. The number of Topliss-reactive ketones (excluding diaryl/α,β-unsaturated/α-hetero) is 1. The van der Waals surface area contributed by atoms with Crippen LogP contribution < -0.4 is 5.32 Å². The van der Waals surface area contributed by atoms with Crippen LogP contribution in [-0.2, 0) is 11.3 Å². The van der Waals surface area contributed by atoms with E-state index in [4.69, 9.17) is 20.8 Å². The van der Waals surface area contributed by atoms with Crippen molar-refractivity contribution in [2.24, 2.45) is 0 Å². The quantitative estimate of drug-likeness (QED) is 0.460. The van der Waals surface area contributed by atoms with Crippen LogP contribution in [0.25, 0.3) is 0 Å². The van der Waals surface area contributed by atoms with Gasteiger partial charge >= 0.3 is 5.97 Å². The Morgan fingerprint density at radius 2 is 1.81 bits per heavy atom. The van der Waals surface area contributed by atoms with Gasteiger partial charge in [-0.25, -0.2) is 4.79 Å². The van der Waals surface area contributed by atoms with Crippen molar-refractivity contribution >= 4 is 29.0 Å². The predicted molar refractivity (Wildman–Crippen MR) is 103 cm³/mol. The van der Waals surface area contributed by atoms with Crippen molar-refractivity contribution in [2.75, 3.05) is 5.32 Å². The molecule has 1 heterocycles. The Labute approximate surface area is 161 Å². The first-order chi connectivity index (χ1) is 13.0. The number of hydrogen-bond acceptors (Lipinski definition) is 5. The Morgan fingerprint density at radius 3 is 2.52 bits per heavy atom. The zero-order valence-electron chi connectivity index (χ0n) is 14.6. The molecule has 0 saturated heterocycles. The second-order valence-electron chi connectivity index (χ2n) is 5.90. The van der Waals surface area contributed by atoms with Gasteiger partial charge in [-0.1, -0.05) is 23.7 Å². The number of ketones is 1. The third-order valence-electron chi connectivity index (χ3n) is 3.96. The number of rotatable bonds is 7. The fourth-order valence-corrected chi connectivity index (χ4v) is 2.66. The largest absolute Gasteiger partial charge is 0.467 e. The highest BCUT2D eigenvalue weighted by molar-refractivity contribution is 6.30. The molecule has 0 aliphatic heterocycles. The van der Waals surface area contributed by atoms with E-state index in [2.05, 4.69) is 5.32 Å². The third-order valence-corrected chi connectivity index (χ3v) is 4.21. The summed E-state index contributed by atoms with van der Waals surface area (Å²) in [6.45, 7) is 1.98. The Kier molecular flexibility index (Phi) is 5.94. The highest BCUT2D eigenvalue weighted by Crippen LogP contribution is 2.19. The molecule has 0 unspecified atom stereocenters. The Morgan fingerprint density at radius 1 is 1.07 bits per heavy atom. The smallest absolute Gasteiger partial charge is 0.340 e. The standard InChI is InChI=1S/C21H18ClNO4/c1-14(20(24)15-8-10-16(22)11-9-15)27-21(25)18-6-2-3-7-19(18)23-13-17-5-4-12-26-17/h2-12,14,23H,13H2,1H3/t14-/m0/s1. The van der Waals surface area contributed by atoms with Gasteiger partial charge in [0.1, 0.15) is 5.76 Å². The maximum Gasteiger partial charge on any atom is 0.340 e. The fourth-order valence-electron chi connectivity index (χ4n) is 2.54. The maximum atomic E-state index is 12.6. The van der Waals surface area contributed by atoms with Gasteiger partial charge < -0.3 is 14.5 Å². The fraction of sp³-hybridized carbons (Fsp3) is 0.143. The molecular formula is C21H18ClNO4. The molecule has 6 heteroatoms. The van der Waals surface area contributed by atoms with E-state index in [0.29, 0.717) is 28.4 Å². The number of carbonyl (C=O) groups excluding carboxylic acids is 2. The number of anilines is 1. The molecule has 138 valence electrons. The summed E-state index contributed by atoms with van der Waals surface area (Å²) >= 11 is 5.83. The molecule has 0 aliphatic carbocycles. The molecule has 0 amide bonds. The number of furan rings is 1. The molecule has 0 saturated carbocycles. The van der Waals surface area contributed by atoms with E-state index in [1.807, 2.05) is 12.1 Å². The molecule has 2 aromatic carbocycles. The first kappa shape index (κ1) is 18.7. The average Bonchev–Trinajstić information content (AvgIpc) is 3.20. The van der Waals surface area contributed by atoms with Gasteiger partial charge in [0, 0.05) is 16.3 Å². The van der Waals surface area contributed by atoms with Crippen molar-refractivity contribution in [3.63, 3.8) is 0 Å². The van der Waals surface area contributed by atoms with E-state index < -0.39 is 12.1 Å². The summed E-state index contributed by atoms with van der Waals surface area (Å²) in [6.07, 6.45) is 0.665. The monoisotopic (exact) mass is 383 g/mol. The van der Waals surface area contributed by atoms with E-state index in [0.717, 1.165) is 5.76 Å². The van der Waals surface area contributed by atoms with Crippen LogP contribution in [0.5, 0.6) is 0 Å². The third kappa shape index (κ3) is 4.77. The summed E-state index contributed by atoms with van der Waals surface area (Å²) < 4.78 is 10.7. The number of benzene rings is 2. The van der Waals surface area contributed by atoms with Gasteiger partial charge in [0.25, 0.3) is 0 Å². The number of nitrogens with one attached hydrogen (secondary N) is 1. The van der Waals surface area contributed by atoms with Gasteiger partial charge in [-0.3, -0.25) is 4.79 Å². The van der Waals surface area contributed by atoms with Crippen LogP contribution >= 0.6 is 11.6 Å². The number of halogens is 1. The molecule has 0 bridgehead atoms. The lowest BCUT2D eigenvalue weighted by atomic mass is 10.1. The molecule has 1 N–H and O–H groups in total. The van der Waals surface area contributed by atoms with Crippen LogP contribution in [0.15, 0.2) is 71.3 Å². The summed E-state index contributed by atoms with van der Waals surface area (Å²) in [7, 11) is 0. The number of para-hydroxylation sites is 1. The molecule has 3 aromatic rings. The predicted octanol–water partition coefficient (Wildman–Crippen LogP) is 4.97. The van der Waals surface area contributed by atoms with Crippen molar-refractivity contribution in [2.45, 2.75) is 19.6 Å². The highest BCUT2D eigenvalue weighted by Gasteiger charge is 2.22. The molecule has 0 spiro atoms. The minimum Gasteiger partial charge on any atom is -0.467 e. The molecular weight excluding hydrogens is 366 g/mol. The molecule has 3 rings (SSSR count). The Bertz CT molecular complexity index is 920. The molecule has 0 fully saturated rings. The summed E-state index contributed by atoms with van der Waals surface area (Å²) in [4.78, 5) is 25.0. The van der Waals surface area contributed by atoms with Crippen LogP contribution in [0.1, 0.15) is 33.4 Å². The first-order valence-electron chi connectivity index (χ1n) is 8.40. The van der Waals surface area contributed by atoms with Crippen LogP contribution in [0, 0.1) is 0 Å². The minimum atomic E-state index is -0.920. The van der Waals surface area contributed by atoms with Crippen molar-refractivity contribution < 1.29 is 18.7 Å². The number of carbonyl (C=O) groups is 2. The zero-order chi connectivity index (χ0) is 19.2. The van der Waals surface area contributed by atoms with E-state index in [9.17, 15) is 9.59 Å². The normalized spacial score (nSPS) is 11.6. The minimum absolute atomic E-state index is 0.291. The summed E-state index contributed by atoms with van der Waals surface area (Å²) in [5, 5.41) is 3.68. The summed E-state index contributed by atoms with van der Waals surface area (Å²) in [5.74, 6) is -0.127. The number of esters is 1. The number of ether oxygens (including phenoxy) is 1. The lowest BCUT2D eigenvalue weighted by Crippen LogP contribution is -2.25. The van der Waals surface area contributed by atoms with E-state index in [1.165, 1.54) is 0 Å². The van der Waals surface area contributed by atoms with Gasteiger partial charge in [0.15, 0.2) is 6.10 Å². The molecule has 0 radical (unpaired) electrons. The Balaban J connectivity index is 1.68. The van der Waals surface area contributed by atoms with Gasteiger partial charge in [0.05, 0.1) is 18.4 Å². The van der Waals surface area contributed by atoms with Crippen LogP contribution in [0.3, 0.4) is 0 Å². The highest BCUT2D eigenvalue weighted by atomic mass is 35.5. The second kappa shape index (κ2) is 8.56. The van der Waals surface area contributed by atoms with Gasteiger partial charge in [0.2, 0.25) is 5.78 Å². The molecule has 1 aromatic heterocycles. The zero-order valence-corrected chi connectivity index (χ0v) is 15.4. The molecule has 1 atom stereocenters. The van der Waals surface area contributed by atoms with Crippen molar-refractivity contribution in [1.82, 2.24) is 0 Å². The van der Waals surface area contributed by atoms with Gasteiger partial charge in [-0.05, 0) is 55.5 Å². The topological polar surface area (TPSA) is 68.5 Å². The van der Waals surface area contributed by atoms with Gasteiger partial charge in [-0.15, -0.1) is 0 Å². The van der Waals surface area contributed by atoms with Crippen LogP contribution in [-0.4, -0.2) is 17.9 Å². The van der Waals surface area contributed by atoms with Crippen molar-refractivity contribution in [3.8, 4) is 0 Å². The number of hydrogen-bond donors (Lipinski definition) is 1. The SMILES string of the molecule is C[C@H](OC(=O)c1ccccc1NCc1ccco1)C(=O)c1ccc(Cl)cc1. The maximum absolute atomic E-state index is 12.6.